The zero-order chi connectivity index (χ0) is 21.7. The second-order valence-electron chi connectivity index (χ2n) is 6.31. The number of hydrogen-bond acceptors (Lipinski definition) is 4. The summed E-state index contributed by atoms with van der Waals surface area (Å²) in [5.74, 6) is -1.20. The third kappa shape index (κ3) is 4.83. The minimum absolute atomic E-state index is 0.0909. The number of carbonyl (C=O) groups is 2. The largest absolute Gasteiger partial charge is 0.435 e. The van der Waals surface area contributed by atoms with Crippen molar-refractivity contribution in [2.24, 2.45) is 0 Å². The second-order valence-corrected chi connectivity index (χ2v) is 6.31. The number of halogens is 3. The Kier molecular flexibility index (Phi) is 6.14. The van der Waals surface area contributed by atoms with Crippen LogP contribution < -0.4 is 10.6 Å². The molecule has 30 heavy (non-hydrogen) atoms. The molecule has 0 aliphatic carbocycles. The first-order valence-electron chi connectivity index (χ1n) is 8.97. The van der Waals surface area contributed by atoms with Crippen molar-refractivity contribution >= 4 is 11.8 Å². The van der Waals surface area contributed by atoms with Gasteiger partial charge in [0.25, 0.3) is 11.8 Å². The van der Waals surface area contributed by atoms with Gasteiger partial charge in [0.05, 0.1) is 11.3 Å². The van der Waals surface area contributed by atoms with Crippen LogP contribution in [0.5, 0.6) is 0 Å². The maximum atomic E-state index is 13.4. The van der Waals surface area contributed by atoms with Gasteiger partial charge in [0, 0.05) is 26.0 Å². The summed E-state index contributed by atoms with van der Waals surface area (Å²) in [6.07, 6.45) is -1.90. The minimum Gasteiger partial charge on any atom is -0.354 e. The number of nitrogens with zero attached hydrogens (tertiary/aromatic N) is 3. The van der Waals surface area contributed by atoms with Gasteiger partial charge in [0.15, 0.2) is 5.69 Å². The van der Waals surface area contributed by atoms with E-state index in [9.17, 15) is 22.8 Å². The van der Waals surface area contributed by atoms with Gasteiger partial charge in [0.2, 0.25) is 0 Å². The van der Waals surface area contributed by atoms with Crippen molar-refractivity contribution in [2.45, 2.75) is 12.6 Å². The zero-order valence-corrected chi connectivity index (χ0v) is 15.9. The molecule has 10 heteroatoms. The summed E-state index contributed by atoms with van der Waals surface area (Å²) in [6, 6.07) is 11.4. The average molecular weight is 417 g/mol. The van der Waals surface area contributed by atoms with Crippen LogP contribution in [0.15, 0.2) is 54.9 Å². The first-order valence-corrected chi connectivity index (χ1v) is 8.97. The summed E-state index contributed by atoms with van der Waals surface area (Å²) < 4.78 is 41.1. The number of nitrogens with one attached hydrogen (secondary N) is 2. The van der Waals surface area contributed by atoms with E-state index in [1.165, 1.54) is 19.3 Å². The second kappa shape index (κ2) is 8.76. The van der Waals surface area contributed by atoms with Crippen molar-refractivity contribution in [3.05, 3.63) is 77.4 Å². The topological polar surface area (TPSA) is 88.9 Å². The lowest BCUT2D eigenvalue weighted by molar-refractivity contribution is -0.141. The Bertz CT molecular complexity index is 1030. The van der Waals surface area contributed by atoms with E-state index in [1.807, 2.05) is 0 Å². The molecule has 0 unspecified atom stereocenters. The minimum atomic E-state index is -4.77. The van der Waals surface area contributed by atoms with Gasteiger partial charge in [-0.15, -0.1) is 0 Å². The Morgan fingerprint density at radius 1 is 1.07 bits per heavy atom. The quantitative estimate of drug-likeness (QED) is 0.645. The van der Waals surface area contributed by atoms with Gasteiger partial charge in [-0.3, -0.25) is 14.6 Å². The van der Waals surface area contributed by atoms with E-state index in [-0.39, 0.29) is 18.1 Å². The predicted molar refractivity (Wildman–Crippen MR) is 102 cm³/mol. The van der Waals surface area contributed by atoms with Gasteiger partial charge in [0.1, 0.15) is 5.69 Å². The third-order valence-electron chi connectivity index (χ3n) is 4.23. The number of alkyl halides is 3. The average Bonchev–Trinajstić information content (AvgIpc) is 3.20. The normalized spacial score (nSPS) is 11.2. The number of amides is 2. The molecule has 0 spiro atoms. The predicted octanol–water partition coefficient (Wildman–Crippen LogP) is 2.62. The Labute approximate surface area is 169 Å². The highest BCUT2D eigenvalue weighted by atomic mass is 19.4. The van der Waals surface area contributed by atoms with Gasteiger partial charge in [-0.25, -0.2) is 4.68 Å². The van der Waals surface area contributed by atoms with E-state index < -0.39 is 23.3 Å². The first kappa shape index (κ1) is 21.0. The Morgan fingerprint density at radius 2 is 1.80 bits per heavy atom. The molecule has 2 heterocycles. The summed E-state index contributed by atoms with van der Waals surface area (Å²) in [4.78, 5) is 27.9. The molecular formula is C20H18F3N5O2. The number of aromatic nitrogens is 3. The molecule has 156 valence electrons. The number of hydrogen-bond donors (Lipinski definition) is 2. The maximum absolute atomic E-state index is 13.4. The molecule has 0 bridgehead atoms. The van der Waals surface area contributed by atoms with E-state index in [1.54, 1.807) is 36.4 Å². The van der Waals surface area contributed by atoms with Crippen LogP contribution in [0.3, 0.4) is 0 Å². The monoisotopic (exact) mass is 417 g/mol. The number of carbonyl (C=O) groups excluding carboxylic acids is 2. The number of para-hydroxylation sites is 1. The van der Waals surface area contributed by atoms with Crippen molar-refractivity contribution < 1.29 is 22.8 Å². The molecule has 0 radical (unpaired) electrons. The lowest BCUT2D eigenvalue weighted by atomic mass is 10.2. The summed E-state index contributed by atoms with van der Waals surface area (Å²) in [7, 11) is 1.49. The highest BCUT2D eigenvalue weighted by Gasteiger charge is 2.39. The van der Waals surface area contributed by atoms with E-state index in [0.29, 0.717) is 12.1 Å². The maximum Gasteiger partial charge on any atom is 0.435 e. The molecule has 2 N–H and O–H groups in total. The lowest BCUT2D eigenvalue weighted by Gasteiger charge is -2.07. The first-order chi connectivity index (χ1) is 14.3. The smallest absolute Gasteiger partial charge is 0.354 e. The summed E-state index contributed by atoms with van der Waals surface area (Å²) in [6.45, 7) is 0.0909. The molecule has 7 nitrogen and oxygen atoms in total. The molecule has 0 aliphatic heterocycles. The van der Waals surface area contributed by atoms with Crippen LogP contribution in [-0.2, 0) is 12.6 Å². The number of rotatable bonds is 6. The van der Waals surface area contributed by atoms with Crippen LogP contribution in [0.4, 0.5) is 13.2 Å². The van der Waals surface area contributed by atoms with E-state index in [0.717, 1.165) is 16.4 Å². The Hall–Kier alpha value is -3.69. The molecule has 2 aromatic heterocycles. The fraction of sp³-hybridized carbons (Fsp3) is 0.200. The Morgan fingerprint density at radius 3 is 2.40 bits per heavy atom. The Balaban J connectivity index is 1.70. The van der Waals surface area contributed by atoms with Gasteiger partial charge in [-0.1, -0.05) is 24.3 Å². The SMILES string of the molecule is CNC(=O)c1ccc(CCNC(=O)c2cn(-c3ccccc3)nc2C(F)(F)F)cn1. The molecule has 0 aliphatic rings. The van der Waals surface area contributed by atoms with Crippen molar-refractivity contribution in [3.8, 4) is 5.69 Å². The van der Waals surface area contributed by atoms with Crippen LogP contribution in [0.1, 0.15) is 32.1 Å². The summed E-state index contributed by atoms with van der Waals surface area (Å²) in [5, 5.41) is 8.48. The molecule has 0 saturated heterocycles. The van der Waals surface area contributed by atoms with Crippen molar-refractivity contribution in [2.75, 3.05) is 13.6 Å². The van der Waals surface area contributed by atoms with Crippen molar-refractivity contribution in [1.29, 1.82) is 0 Å². The highest BCUT2D eigenvalue weighted by molar-refractivity contribution is 5.95. The summed E-state index contributed by atoms with van der Waals surface area (Å²) >= 11 is 0. The molecular weight excluding hydrogens is 399 g/mol. The van der Waals surface area contributed by atoms with Crippen LogP contribution >= 0.6 is 0 Å². The van der Waals surface area contributed by atoms with Crippen molar-refractivity contribution in [3.63, 3.8) is 0 Å². The van der Waals surface area contributed by atoms with Gasteiger partial charge in [-0.2, -0.15) is 18.3 Å². The van der Waals surface area contributed by atoms with Crippen LogP contribution in [-0.4, -0.2) is 40.2 Å². The molecule has 3 aromatic rings. The van der Waals surface area contributed by atoms with Crippen LogP contribution in [0.25, 0.3) is 5.69 Å². The van der Waals surface area contributed by atoms with Gasteiger partial charge >= 0.3 is 6.18 Å². The molecule has 3 rings (SSSR count). The van der Waals surface area contributed by atoms with E-state index >= 15 is 0 Å². The molecule has 0 atom stereocenters. The number of pyridine rings is 1. The van der Waals surface area contributed by atoms with Crippen LogP contribution in [0, 0.1) is 0 Å². The van der Waals surface area contributed by atoms with E-state index in [2.05, 4.69) is 20.7 Å². The number of benzene rings is 1. The van der Waals surface area contributed by atoms with Crippen molar-refractivity contribution in [1.82, 2.24) is 25.4 Å². The molecule has 0 fully saturated rings. The molecule has 1 aromatic carbocycles. The summed E-state index contributed by atoms with van der Waals surface area (Å²) in [5.41, 5.74) is -0.434. The van der Waals surface area contributed by atoms with Gasteiger partial charge < -0.3 is 10.6 Å². The van der Waals surface area contributed by atoms with Crippen LogP contribution in [0.2, 0.25) is 0 Å². The standard InChI is InChI=1S/C20H18F3N5O2/c1-24-19(30)16-8-7-13(11-26-16)9-10-25-18(29)15-12-28(14-5-3-2-4-6-14)27-17(15)20(21,22)23/h2-8,11-12H,9-10H2,1H3,(H,24,30)(H,25,29). The fourth-order valence-electron chi connectivity index (χ4n) is 2.71. The van der Waals surface area contributed by atoms with E-state index in [4.69, 9.17) is 0 Å². The van der Waals surface area contributed by atoms with Gasteiger partial charge in [-0.05, 0) is 30.2 Å². The fourth-order valence-corrected chi connectivity index (χ4v) is 2.71. The highest BCUT2D eigenvalue weighted by Crippen LogP contribution is 2.31. The molecule has 2 amide bonds. The third-order valence-corrected chi connectivity index (χ3v) is 4.23. The zero-order valence-electron chi connectivity index (χ0n) is 15.9. The lowest BCUT2D eigenvalue weighted by Crippen LogP contribution is -2.27. The molecule has 0 saturated carbocycles.